The molecule has 0 saturated carbocycles. The minimum Gasteiger partial charge on any atom is -0.481 e. The first-order valence-electron chi connectivity index (χ1n) is 4.67. The van der Waals surface area contributed by atoms with Gasteiger partial charge in [0.15, 0.2) is 0 Å². The Morgan fingerprint density at radius 3 is 3.00 bits per heavy atom. The standard InChI is InChI=1S/C10H11NO4/c1-6-2-7-4-8(5-12)15-10(7)9(3-6)11(13)14/h2-3,8,12H,4-5H2,1H3/t8-/m1/s1. The summed E-state index contributed by atoms with van der Waals surface area (Å²) in [7, 11) is 0. The molecule has 0 bridgehead atoms. The number of hydrogen-bond donors (Lipinski definition) is 1. The lowest BCUT2D eigenvalue weighted by molar-refractivity contribution is -0.385. The van der Waals surface area contributed by atoms with Crippen LogP contribution in [0.3, 0.4) is 0 Å². The van der Waals surface area contributed by atoms with Crippen molar-refractivity contribution in [1.82, 2.24) is 0 Å². The molecule has 5 nitrogen and oxygen atoms in total. The Morgan fingerprint density at radius 1 is 1.67 bits per heavy atom. The SMILES string of the molecule is Cc1cc2c(c([N+](=O)[O-])c1)O[C@@H](CO)C2. The van der Waals surface area contributed by atoms with Crippen molar-refractivity contribution in [1.29, 1.82) is 0 Å². The van der Waals surface area contributed by atoms with Crippen LogP contribution in [-0.4, -0.2) is 22.7 Å². The molecule has 1 atom stereocenters. The van der Waals surface area contributed by atoms with Gasteiger partial charge in [-0.05, 0) is 12.5 Å². The molecule has 80 valence electrons. The van der Waals surface area contributed by atoms with E-state index in [1.165, 1.54) is 6.07 Å². The molecule has 1 aliphatic heterocycles. The van der Waals surface area contributed by atoms with Crippen molar-refractivity contribution in [3.05, 3.63) is 33.4 Å². The summed E-state index contributed by atoms with van der Waals surface area (Å²) in [6.45, 7) is 1.68. The number of nitrogens with zero attached hydrogens (tertiary/aromatic N) is 1. The number of hydrogen-bond acceptors (Lipinski definition) is 4. The van der Waals surface area contributed by atoms with Crippen molar-refractivity contribution in [2.75, 3.05) is 6.61 Å². The number of aliphatic hydroxyl groups excluding tert-OH is 1. The maximum absolute atomic E-state index is 10.8. The maximum atomic E-state index is 10.8. The molecule has 0 radical (unpaired) electrons. The van der Waals surface area contributed by atoms with Crippen LogP contribution < -0.4 is 4.74 Å². The Labute approximate surface area is 86.4 Å². The second kappa shape index (κ2) is 3.51. The van der Waals surface area contributed by atoms with Gasteiger partial charge in [-0.25, -0.2) is 0 Å². The lowest BCUT2D eigenvalue weighted by atomic mass is 10.1. The third-order valence-electron chi connectivity index (χ3n) is 2.42. The van der Waals surface area contributed by atoms with E-state index in [1.807, 2.05) is 6.07 Å². The van der Waals surface area contributed by atoms with Crippen LogP contribution in [0, 0.1) is 17.0 Å². The summed E-state index contributed by atoms with van der Waals surface area (Å²) in [5, 5.41) is 19.7. The molecule has 0 aromatic heterocycles. The number of nitro groups is 1. The number of nitro benzene ring substituents is 1. The van der Waals surface area contributed by atoms with E-state index in [4.69, 9.17) is 9.84 Å². The zero-order valence-corrected chi connectivity index (χ0v) is 8.27. The van der Waals surface area contributed by atoms with Crippen LogP contribution in [0.2, 0.25) is 0 Å². The van der Waals surface area contributed by atoms with Crippen molar-refractivity contribution < 1.29 is 14.8 Å². The average molecular weight is 209 g/mol. The Kier molecular flexibility index (Phi) is 2.32. The van der Waals surface area contributed by atoms with E-state index in [2.05, 4.69) is 0 Å². The molecule has 0 aliphatic carbocycles. The molecule has 1 aliphatic rings. The van der Waals surface area contributed by atoms with E-state index in [9.17, 15) is 10.1 Å². The first-order valence-corrected chi connectivity index (χ1v) is 4.67. The lowest BCUT2D eigenvalue weighted by Gasteiger charge is -2.05. The summed E-state index contributed by atoms with van der Waals surface area (Å²) in [6, 6.07) is 3.34. The number of aryl methyl sites for hydroxylation is 1. The van der Waals surface area contributed by atoms with Gasteiger partial charge in [-0.1, -0.05) is 6.07 Å². The van der Waals surface area contributed by atoms with Crippen LogP contribution in [0.5, 0.6) is 5.75 Å². The summed E-state index contributed by atoms with van der Waals surface area (Å²) >= 11 is 0. The summed E-state index contributed by atoms with van der Waals surface area (Å²) < 4.78 is 5.31. The fraction of sp³-hybridized carbons (Fsp3) is 0.400. The van der Waals surface area contributed by atoms with Crippen molar-refractivity contribution in [2.24, 2.45) is 0 Å². The summed E-state index contributed by atoms with van der Waals surface area (Å²) in [6.07, 6.45) is 0.189. The van der Waals surface area contributed by atoms with Crippen molar-refractivity contribution >= 4 is 5.69 Å². The van der Waals surface area contributed by atoms with Gasteiger partial charge in [0.25, 0.3) is 0 Å². The van der Waals surface area contributed by atoms with Crippen LogP contribution in [0.25, 0.3) is 0 Å². The van der Waals surface area contributed by atoms with E-state index in [0.29, 0.717) is 12.2 Å². The molecule has 0 spiro atoms. The van der Waals surface area contributed by atoms with Gasteiger partial charge in [-0.3, -0.25) is 10.1 Å². The normalized spacial score (nSPS) is 18.4. The molecule has 0 unspecified atom stereocenters. The molecule has 5 heteroatoms. The molecule has 1 N–H and O–H groups in total. The maximum Gasteiger partial charge on any atom is 0.311 e. The number of aliphatic hydroxyl groups is 1. The molecular weight excluding hydrogens is 198 g/mol. The molecule has 0 fully saturated rings. The van der Waals surface area contributed by atoms with Gasteiger partial charge < -0.3 is 9.84 Å². The highest BCUT2D eigenvalue weighted by Gasteiger charge is 2.30. The van der Waals surface area contributed by atoms with E-state index in [0.717, 1.165) is 11.1 Å². The fourth-order valence-electron chi connectivity index (χ4n) is 1.81. The smallest absolute Gasteiger partial charge is 0.311 e. The molecule has 1 aromatic rings. The number of benzene rings is 1. The summed E-state index contributed by atoms with van der Waals surface area (Å²) in [5.74, 6) is 0.310. The van der Waals surface area contributed by atoms with Gasteiger partial charge in [-0.2, -0.15) is 0 Å². The Bertz CT molecular complexity index is 416. The monoisotopic (exact) mass is 209 g/mol. The molecular formula is C10H11NO4. The Balaban J connectivity index is 2.48. The molecule has 15 heavy (non-hydrogen) atoms. The minimum absolute atomic E-state index is 0.0130. The van der Waals surface area contributed by atoms with E-state index in [1.54, 1.807) is 6.92 Å². The van der Waals surface area contributed by atoms with E-state index < -0.39 is 4.92 Å². The fourth-order valence-corrected chi connectivity index (χ4v) is 1.81. The Morgan fingerprint density at radius 2 is 2.40 bits per heavy atom. The highest BCUT2D eigenvalue weighted by molar-refractivity contribution is 5.56. The summed E-state index contributed by atoms with van der Waals surface area (Å²) in [4.78, 5) is 10.3. The van der Waals surface area contributed by atoms with Crippen molar-refractivity contribution in [3.63, 3.8) is 0 Å². The highest BCUT2D eigenvalue weighted by atomic mass is 16.6. The van der Waals surface area contributed by atoms with Gasteiger partial charge in [-0.15, -0.1) is 0 Å². The summed E-state index contributed by atoms with van der Waals surface area (Å²) in [5.41, 5.74) is 1.63. The van der Waals surface area contributed by atoms with Crippen molar-refractivity contribution in [3.8, 4) is 5.75 Å². The van der Waals surface area contributed by atoms with Gasteiger partial charge in [0.1, 0.15) is 6.10 Å². The van der Waals surface area contributed by atoms with Crippen LogP contribution >= 0.6 is 0 Å². The van der Waals surface area contributed by atoms with Gasteiger partial charge >= 0.3 is 5.69 Å². The number of ether oxygens (including phenoxy) is 1. The second-order valence-corrected chi connectivity index (χ2v) is 3.66. The molecule has 0 saturated heterocycles. The number of fused-ring (bicyclic) bond motifs is 1. The number of rotatable bonds is 2. The first kappa shape index (κ1) is 9.92. The van der Waals surface area contributed by atoms with Crippen LogP contribution in [-0.2, 0) is 6.42 Å². The van der Waals surface area contributed by atoms with Gasteiger partial charge in [0.2, 0.25) is 5.75 Å². The Hall–Kier alpha value is -1.62. The van der Waals surface area contributed by atoms with Crippen LogP contribution in [0.4, 0.5) is 5.69 Å². The highest BCUT2D eigenvalue weighted by Crippen LogP contribution is 2.38. The second-order valence-electron chi connectivity index (χ2n) is 3.66. The van der Waals surface area contributed by atoms with E-state index in [-0.39, 0.29) is 18.4 Å². The van der Waals surface area contributed by atoms with Crippen molar-refractivity contribution in [2.45, 2.75) is 19.4 Å². The first-order chi connectivity index (χ1) is 7.11. The van der Waals surface area contributed by atoms with E-state index >= 15 is 0 Å². The zero-order chi connectivity index (χ0) is 11.0. The molecule has 0 amide bonds. The predicted molar refractivity (Wildman–Crippen MR) is 53.0 cm³/mol. The lowest BCUT2D eigenvalue weighted by Crippen LogP contribution is -2.17. The molecule has 2 rings (SSSR count). The van der Waals surface area contributed by atoms with Crippen LogP contribution in [0.1, 0.15) is 11.1 Å². The quantitative estimate of drug-likeness (QED) is 0.586. The minimum atomic E-state index is -0.453. The van der Waals surface area contributed by atoms with Gasteiger partial charge in [0, 0.05) is 18.1 Å². The van der Waals surface area contributed by atoms with Crippen LogP contribution in [0.15, 0.2) is 12.1 Å². The zero-order valence-electron chi connectivity index (χ0n) is 8.27. The topological polar surface area (TPSA) is 72.6 Å². The average Bonchev–Trinajstić information content (AvgIpc) is 2.58. The van der Waals surface area contributed by atoms with Gasteiger partial charge in [0.05, 0.1) is 11.5 Å². The largest absolute Gasteiger partial charge is 0.481 e. The predicted octanol–water partition coefficient (Wildman–Crippen LogP) is 1.20. The molecule has 1 heterocycles. The molecule has 1 aromatic carbocycles. The third kappa shape index (κ3) is 1.66. The third-order valence-corrected chi connectivity index (χ3v) is 2.42.